The van der Waals surface area contributed by atoms with Crippen molar-refractivity contribution < 1.29 is 28.6 Å². The summed E-state index contributed by atoms with van der Waals surface area (Å²) in [6, 6.07) is 5.19. The van der Waals surface area contributed by atoms with E-state index in [9.17, 15) is 14.4 Å². The fourth-order valence-corrected chi connectivity index (χ4v) is 3.62. The minimum atomic E-state index is -0.681. The molecule has 0 aliphatic carbocycles. The highest BCUT2D eigenvalue weighted by Crippen LogP contribution is 2.33. The van der Waals surface area contributed by atoms with Crippen LogP contribution in [0.4, 0.5) is 5.00 Å². The summed E-state index contributed by atoms with van der Waals surface area (Å²) in [4.78, 5) is 36.4. The first-order chi connectivity index (χ1) is 13.8. The van der Waals surface area contributed by atoms with Gasteiger partial charge in [-0.25, -0.2) is 4.79 Å². The first-order valence-electron chi connectivity index (χ1n) is 8.63. The number of nitrogens with one attached hydrogen (secondary N) is 1. The van der Waals surface area contributed by atoms with E-state index in [1.54, 1.807) is 38.1 Å². The number of anilines is 1. The van der Waals surface area contributed by atoms with Crippen LogP contribution in [-0.4, -0.2) is 38.6 Å². The number of rotatable bonds is 8. The third-order valence-electron chi connectivity index (χ3n) is 3.92. The molecule has 0 fully saturated rings. The Labute approximate surface area is 172 Å². The Morgan fingerprint density at radius 3 is 2.45 bits per heavy atom. The highest BCUT2D eigenvalue weighted by molar-refractivity contribution is 7.18. The van der Waals surface area contributed by atoms with Crippen LogP contribution in [0.15, 0.2) is 24.3 Å². The molecule has 29 heavy (non-hydrogen) atoms. The number of esters is 1. The molecule has 0 saturated carbocycles. The minimum Gasteiger partial charge on any atom is -0.493 e. The number of primary amides is 1. The Balaban J connectivity index is 2.26. The summed E-state index contributed by atoms with van der Waals surface area (Å²) in [5.74, 6) is -0.698. The van der Waals surface area contributed by atoms with Crippen molar-refractivity contribution >= 4 is 40.2 Å². The fourth-order valence-electron chi connectivity index (χ4n) is 2.57. The zero-order valence-corrected chi connectivity index (χ0v) is 17.3. The number of hydrogen-bond donors (Lipinski definition) is 2. The van der Waals surface area contributed by atoms with Crippen LogP contribution < -0.4 is 20.5 Å². The molecule has 0 atom stereocenters. The number of amides is 2. The number of hydrogen-bond acceptors (Lipinski definition) is 7. The van der Waals surface area contributed by atoms with Crippen molar-refractivity contribution in [2.24, 2.45) is 5.73 Å². The average Bonchev–Trinajstić information content (AvgIpc) is 3.02. The summed E-state index contributed by atoms with van der Waals surface area (Å²) in [5, 5.41) is 2.82. The van der Waals surface area contributed by atoms with Gasteiger partial charge in [0.15, 0.2) is 11.5 Å². The van der Waals surface area contributed by atoms with E-state index in [2.05, 4.69) is 5.32 Å². The van der Waals surface area contributed by atoms with Gasteiger partial charge in [0.25, 0.3) is 5.91 Å². The smallest absolute Gasteiger partial charge is 0.341 e. The summed E-state index contributed by atoms with van der Waals surface area (Å²) in [7, 11) is 3.05. The van der Waals surface area contributed by atoms with E-state index in [0.29, 0.717) is 22.6 Å². The molecule has 0 aliphatic rings. The van der Waals surface area contributed by atoms with Gasteiger partial charge in [-0.1, -0.05) is 6.07 Å². The van der Waals surface area contributed by atoms with Gasteiger partial charge in [0, 0.05) is 6.08 Å². The molecule has 154 valence electrons. The van der Waals surface area contributed by atoms with E-state index in [4.69, 9.17) is 19.9 Å². The van der Waals surface area contributed by atoms with E-state index in [1.165, 1.54) is 20.3 Å². The second kappa shape index (κ2) is 9.74. The largest absolute Gasteiger partial charge is 0.493 e. The standard InChI is InChI=1S/C20H22N2O6S/c1-5-28-20(25)16-11(2)17(18(21)24)29-19(16)22-15(23)9-7-12-6-8-13(26-3)14(10-12)27-4/h6-10H,5H2,1-4H3,(H2,21,24)(H,22,23). The lowest BCUT2D eigenvalue weighted by atomic mass is 10.1. The second-order valence-electron chi connectivity index (χ2n) is 5.78. The van der Waals surface area contributed by atoms with Crippen molar-refractivity contribution in [3.8, 4) is 11.5 Å². The molecular formula is C20H22N2O6S. The molecule has 9 heteroatoms. The molecular weight excluding hydrogens is 396 g/mol. The van der Waals surface area contributed by atoms with Crippen LogP contribution in [0.25, 0.3) is 6.08 Å². The summed E-state index contributed by atoms with van der Waals surface area (Å²) in [6.07, 6.45) is 2.88. The predicted octanol–water partition coefficient (Wildman–Crippen LogP) is 3.00. The van der Waals surface area contributed by atoms with Gasteiger partial charge in [0.2, 0.25) is 5.91 Å². The van der Waals surface area contributed by atoms with Crippen molar-refractivity contribution in [1.82, 2.24) is 0 Å². The lowest BCUT2D eigenvalue weighted by molar-refractivity contribution is -0.111. The van der Waals surface area contributed by atoms with Crippen LogP contribution in [0.5, 0.6) is 11.5 Å². The maximum absolute atomic E-state index is 12.4. The molecule has 1 aromatic carbocycles. The lowest BCUT2D eigenvalue weighted by Gasteiger charge is -2.07. The summed E-state index contributed by atoms with van der Waals surface area (Å²) >= 11 is 0.932. The molecule has 0 aliphatic heterocycles. The Morgan fingerprint density at radius 1 is 1.17 bits per heavy atom. The van der Waals surface area contributed by atoms with Crippen molar-refractivity contribution in [2.45, 2.75) is 13.8 Å². The Morgan fingerprint density at radius 2 is 1.86 bits per heavy atom. The van der Waals surface area contributed by atoms with Gasteiger partial charge in [-0.2, -0.15) is 0 Å². The molecule has 0 saturated heterocycles. The number of methoxy groups -OCH3 is 2. The number of benzene rings is 1. The maximum Gasteiger partial charge on any atom is 0.341 e. The van der Waals surface area contributed by atoms with Gasteiger partial charge in [-0.3, -0.25) is 9.59 Å². The van der Waals surface area contributed by atoms with E-state index < -0.39 is 17.8 Å². The molecule has 2 aromatic rings. The van der Waals surface area contributed by atoms with Crippen molar-refractivity contribution in [3.63, 3.8) is 0 Å². The van der Waals surface area contributed by atoms with Crippen molar-refractivity contribution in [2.75, 3.05) is 26.1 Å². The Hall–Kier alpha value is -3.33. The summed E-state index contributed by atoms with van der Waals surface area (Å²) in [6.45, 7) is 3.41. The normalized spacial score (nSPS) is 10.6. The van der Waals surface area contributed by atoms with Gasteiger partial charge in [0.05, 0.1) is 31.3 Å². The van der Waals surface area contributed by atoms with Gasteiger partial charge in [0.1, 0.15) is 5.00 Å². The number of carbonyl (C=O) groups excluding carboxylic acids is 3. The molecule has 1 heterocycles. The van der Waals surface area contributed by atoms with E-state index >= 15 is 0 Å². The van der Waals surface area contributed by atoms with E-state index in [0.717, 1.165) is 11.3 Å². The fraction of sp³-hybridized carbons (Fsp3) is 0.250. The summed E-state index contributed by atoms with van der Waals surface area (Å²) in [5.41, 5.74) is 6.57. The zero-order valence-electron chi connectivity index (χ0n) is 16.5. The Kier molecular flexibility index (Phi) is 7.38. The molecule has 8 nitrogen and oxygen atoms in total. The minimum absolute atomic E-state index is 0.124. The third kappa shape index (κ3) is 5.14. The molecule has 2 amide bonds. The van der Waals surface area contributed by atoms with Gasteiger partial charge < -0.3 is 25.3 Å². The van der Waals surface area contributed by atoms with Crippen LogP contribution in [0.1, 0.15) is 38.1 Å². The molecule has 0 unspecified atom stereocenters. The first kappa shape index (κ1) is 22.0. The van der Waals surface area contributed by atoms with Crippen LogP contribution in [0, 0.1) is 6.92 Å². The maximum atomic E-state index is 12.4. The van der Waals surface area contributed by atoms with Gasteiger partial charge in [-0.05, 0) is 43.2 Å². The molecule has 0 bridgehead atoms. The number of ether oxygens (including phenoxy) is 3. The van der Waals surface area contributed by atoms with Crippen molar-refractivity contribution in [1.29, 1.82) is 0 Å². The second-order valence-corrected chi connectivity index (χ2v) is 6.80. The summed E-state index contributed by atoms with van der Waals surface area (Å²) < 4.78 is 15.4. The quantitative estimate of drug-likeness (QED) is 0.503. The van der Waals surface area contributed by atoms with Gasteiger partial charge in [-0.15, -0.1) is 11.3 Å². The molecule has 0 spiro atoms. The van der Waals surface area contributed by atoms with E-state index in [-0.39, 0.29) is 22.0 Å². The monoisotopic (exact) mass is 418 g/mol. The van der Waals surface area contributed by atoms with Crippen LogP contribution in [0.2, 0.25) is 0 Å². The van der Waals surface area contributed by atoms with Crippen LogP contribution in [-0.2, 0) is 9.53 Å². The number of carbonyl (C=O) groups is 3. The third-order valence-corrected chi connectivity index (χ3v) is 5.14. The zero-order chi connectivity index (χ0) is 21.6. The number of nitrogens with two attached hydrogens (primary N) is 1. The number of thiophene rings is 1. The molecule has 0 radical (unpaired) electrons. The van der Waals surface area contributed by atoms with E-state index in [1.807, 2.05) is 0 Å². The van der Waals surface area contributed by atoms with Crippen molar-refractivity contribution in [3.05, 3.63) is 45.8 Å². The average molecular weight is 418 g/mol. The molecule has 1 aromatic heterocycles. The predicted molar refractivity (Wildman–Crippen MR) is 111 cm³/mol. The topological polar surface area (TPSA) is 117 Å². The van der Waals surface area contributed by atoms with Gasteiger partial charge >= 0.3 is 5.97 Å². The SMILES string of the molecule is CCOC(=O)c1c(NC(=O)C=Cc2ccc(OC)c(OC)c2)sc(C(N)=O)c1C. The first-order valence-corrected chi connectivity index (χ1v) is 9.45. The lowest BCUT2D eigenvalue weighted by Crippen LogP contribution is -2.13. The van der Waals surface area contributed by atoms with Crippen LogP contribution >= 0.6 is 11.3 Å². The molecule has 3 N–H and O–H groups in total. The molecule has 2 rings (SSSR count). The highest BCUT2D eigenvalue weighted by Gasteiger charge is 2.25. The highest BCUT2D eigenvalue weighted by atomic mass is 32.1. The Bertz CT molecular complexity index is 964. The van der Waals surface area contributed by atoms with Crippen LogP contribution in [0.3, 0.4) is 0 Å².